The maximum atomic E-state index is 13.1. The van der Waals surface area contributed by atoms with E-state index in [0.717, 1.165) is 0 Å². The number of amidine groups is 1. The highest BCUT2D eigenvalue weighted by Gasteiger charge is 2.58. The van der Waals surface area contributed by atoms with Gasteiger partial charge in [0.25, 0.3) is 5.82 Å². The Kier molecular flexibility index (Phi) is 3.29. The molecule has 0 saturated heterocycles. The van der Waals surface area contributed by atoms with Gasteiger partial charge in [-0.15, -0.1) is 15.3 Å². The van der Waals surface area contributed by atoms with Crippen molar-refractivity contribution in [3.05, 3.63) is 35.7 Å². The lowest BCUT2D eigenvalue weighted by Gasteiger charge is -2.28. The summed E-state index contributed by atoms with van der Waals surface area (Å²) in [5.74, 6) is -3.71. The average Bonchev–Trinajstić information content (AvgIpc) is 3.05. The maximum absolute atomic E-state index is 13.1. The number of benzene rings is 1. The average molecular weight is 379 g/mol. The molecule has 0 radical (unpaired) electrons. The lowest BCUT2D eigenvalue weighted by atomic mass is 9.86. The topological polar surface area (TPSA) is 122 Å². The molecule has 1 aromatic carbocycles. The summed E-state index contributed by atoms with van der Waals surface area (Å²) < 4.78 is 38.2. The summed E-state index contributed by atoms with van der Waals surface area (Å²) in [6.07, 6.45) is -4.83. The van der Waals surface area contributed by atoms with E-state index in [1.807, 2.05) is 6.07 Å². The van der Waals surface area contributed by atoms with Crippen molar-refractivity contribution in [1.82, 2.24) is 14.9 Å². The molecule has 12 heteroatoms. The van der Waals surface area contributed by atoms with Crippen LogP contribution in [0.5, 0.6) is 0 Å². The summed E-state index contributed by atoms with van der Waals surface area (Å²) in [7, 11) is 0. The molecular formula is C14H8F3N7OS. The summed E-state index contributed by atoms with van der Waals surface area (Å²) in [6.45, 7) is 0. The van der Waals surface area contributed by atoms with Gasteiger partial charge in [-0.2, -0.15) is 23.1 Å². The second kappa shape index (κ2) is 5.21. The number of nitrogens with zero attached hydrogens (tertiary/aromatic N) is 5. The Bertz CT molecular complexity index is 1010. The molecule has 8 nitrogen and oxygen atoms in total. The Hall–Kier alpha value is -3.07. The highest BCUT2D eigenvalue weighted by molar-refractivity contribution is 8.01. The zero-order chi connectivity index (χ0) is 18.7. The molecule has 1 aromatic heterocycles. The molecular weight excluding hydrogens is 371 g/mol. The van der Waals surface area contributed by atoms with Crippen LogP contribution in [-0.4, -0.2) is 26.6 Å². The molecule has 4 rings (SSSR count). The summed E-state index contributed by atoms with van der Waals surface area (Å²) in [6, 6.07) is 8.47. The predicted octanol–water partition coefficient (Wildman–Crippen LogP) is 1.51. The van der Waals surface area contributed by atoms with E-state index in [1.165, 1.54) is 0 Å². The van der Waals surface area contributed by atoms with Crippen LogP contribution >= 0.6 is 11.8 Å². The quantitative estimate of drug-likeness (QED) is 0.715. The smallest absolute Gasteiger partial charge is 0.385 e. The molecule has 132 valence electrons. The number of halogens is 3. The molecule has 1 amide bonds. The largest absolute Gasteiger partial charge is 0.453 e. The van der Waals surface area contributed by atoms with Crippen LogP contribution in [0.3, 0.4) is 0 Å². The van der Waals surface area contributed by atoms with E-state index < -0.39 is 34.4 Å². The number of nitrogens with one attached hydrogen (secondary N) is 1. The fraction of sp³-hybridized carbons (Fsp3) is 0.214. The van der Waals surface area contributed by atoms with Crippen molar-refractivity contribution in [2.75, 3.05) is 5.32 Å². The van der Waals surface area contributed by atoms with Gasteiger partial charge in [0.2, 0.25) is 11.1 Å². The number of nitrogens with two attached hydrogens (primary N) is 1. The molecule has 0 saturated carbocycles. The standard InChI is InChI=1S/C14H8F3N7OS/c15-14(16,17)10-21-22-12-24(10)23-9(19)7(5-18)13(26-12)6-3-1-2-4-8(6)20-11(13)25/h1-4,7H,(H2,19,23)(H,20,25)/t7-,13+/m1/s1. The first kappa shape index (κ1) is 16.4. The van der Waals surface area contributed by atoms with Crippen molar-refractivity contribution in [3.63, 3.8) is 0 Å². The highest BCUT2D eigenvalue weighted by Crippen LogP contribution is 2.54. The lowest BCUT2D eigenvalue weighted by molar-refractivity contribution is -0.147. The summed E-state index contributed by atoms with van der Waals surface area (Å²) in [5.41, 5.74) is 6.71. The number of aromatic nitrogens is 3. The van der Waals surface area contributed by atoms with Gasteiger partial charge >= 0.3 is 6.18 Å². The minimum atomic E-state index is -4.83. The number of para-hydroxylation sites is 1. The molecule has 2 aliphatic rings. The van der Waals surface area contributed by atoms with E-state index >= 15 is 0 Å². The molecule has 26 heavy (non-hydrogen) atoms. The van der Waals surface area contributed by atoms with Crippen molar-refractivity contribution in [2.24, 2.45) is 16.8 Å². The number of thioether (sulfide) groups is 1. The Morgan fingerprint density at radius 3 is 2.77 bits per heavy atom. The van der Waals surface area contributed by atoms with Crippen LogP contribution < -0.4 is 11.1 Å². The summed E-state index contributed by atoms with van der Waals surface area (Å²) in [5, 5.41) is 22.3. The molecule has 3 N–H and O–H groups in total. The van der Waals surface area contributed by atoms with Crippen molar-refractivity contribution < 1.29 is 18.0 Å². The van der Waals surface area contributed by atoms with Crippen LogP contribution in [0.4, 0.5) is 18.9 Å². The molecule has 0 bridgehead atoms. The van der Waals surface area contributed by atoms with Crippen LogP contribution in [-0.2, 0) is 15.7 Å². The molecule has 0 fully saturated rings. The fourth-order valence-corrected chi connectivity index (χ4v) is 4.29. The summed E-state index contributed by atoms with van der Waals surface area (Å²) in [4.78, 5) is 12.8. The van der Waals surface area contributed by atoms with Crippen LogP contribution in [0.15, 0.2) is 34.5 Å². The molecule has 0 aliphatic carbocycles. The van der Waals surface area contributed by atoms with Crippen LogP contribution in [0.25, 0.3) is 0 Å². The lowest BCUT2D eigenvalue weighted by Crippen LogP contribution is -2.44. The zero-order valence-electron chi connectivity index (χ0n) is 12.7. The predicted molar refractivity (Wildman–Crippen MR) is 83.8 cm³/mol. The minimum absolute atomic E-state index is 0.287. The summed E-state index contributed by atoms with van der Waals surface area (Å²) >= 11 is 0.672. The second-order valence-electron chi connectivity index (χ2n) is 5.54. The number of rotatable bonds is 0. The zero-order valence-corrected chi connectivity index (χ0v) is 13.5. The maximum Gasteiger partial charge on any atom is 0.453 e. The van der Waals surface area contributed by atoms with Crippen molar-refractivity contribution >= 4 is 29.2 Å². The van der Waals surface area contributed by atoms with Gasteiger partial charge in [-0.1, -0.05) is 30.0 Å². The van der Waals surface area contributed by atoms with Crippen molar-refractivity contribution in [1.29, 1.82) is 5.26 Å². The number of amides is 1. The van der Waals surface area contributed by atoms with E-state index in [9.17, 15) is 23.2 Å². The number of alkyl halides is 3. The SMILES string of the molecule is N#C[C@@H]1C(N)=Nn2c(nnc2C(F)(F)F)S[C@]12C(=O)Nc1ccccc12. The number of anilines is 1. The number of hydrogen-bond donors (Lipinski definition) is 2. The van der Waals surface area contributed by atoms with Crippen molar-refractivity contribution in [3.8, 4) is 6.07 Å². The van der Waals surface area contributed by atoms with Gasteiger partial charge in [0.05, 0.1) is 6.07 Å². The fourth-order valence-electron chi connectivity index (χ4n) is 2.98. The first-order valence-electron chi connectivity index (χ1n) is 7.15. The van der Waals surface area contributed by atoms with E-state index in [4.69, 9.17) is 5.73 Å². The van der Waals surface area contributed by atoms with E-state index in [-0.39, 0.29) is 5.16 Å². The molecule has 0 unspecified atom stereocenters. The first-order valence-corrected chi connectivity index (χ1v) is 7.97. The van der Waals surface area contributed by atoms with E-state index in [1.54, 1.807) is 24.3 Å². The van der Waals surface area contributed by atoms with Gasteiger partial charge in [-0.05, 0) is 6.07 Å². The van der Waals surface area contributed by atoms with Gasteiger partial charge in [0.15, 0.2) is 4.75 Å². The monoisotopic (exact) mass is 379 g/mol. The van der Waals surface area contributed by atoms with Crippen LogP contribution in [0.1, 0.15) is 11.4 Å². The number of carbonyl (C=O) groups excluding carboxylic acids is 1. The Morgan fingerprint density at radius 2 is 2.08 bits per heavy atom. The van der Waals surface area contributed by atoms with Gasteiger partial charge < -0.3 is 11.1 Å². The van der Waals surface area contributed by atoms with Gasteiger partial charge in [-0.25, -0.2) is 0 Å². The van der Waals surface area contributed by atoms with Crippen LogP contribution in [0, 0.1) is 17.2 Å². The van der Waals surface area contributed by atoms with Gasteiger partial charge in [0.1, 0.15) is 11.8 Å². The molecule has 2 aromatic rings. The first-order chi connectivity index (χ1) is 12.3. The number of fused-ring (bicyclic) bond motifs is 3. The number of carbonyl (C=O) groups is 1. The third-order valence-electron chi connectivity index (χ3n) is 4.08. The number of hydrogen-bond acceptors (Lipinski definition) is 7. The number of nitriles is 1. The Balaban J connectivity index is 2.00. The van der Waals surface area contributed by atoms with Crippen LogP contribution in [0.2, 0.25) is 0 Å². The second-order valence-corrected chi connectivity index (χ2v) is 6.75. The molecule has 3 heterocycles. The third kappa shape index (κ3) is 2.03. The van der Waals surface area contributed by atoms with Gasteiger partial charge in [-0.3, -0.25) is 4.79 Å². The highest BCUT2D eigenvalue weighted by atomic mass is 32.2. The normalized spacial score (nSPS) is 24.3. The van der Waals surface area contributed by atoms with Gasteiger partial charge in [0, 0.05) is 11.3 Å². The van der Waals surface area contributed by atoms with E-state index in [0.29, 0.717) is 27.7 Å². The minimum Gasteiger partial charge on any atom is -0.385 e. The molecule has 2 atom stereocenters. The Morgan fingerprint density at radius 1 is 1.35 bits per heavy atom. The van der Waals surface area contributed by atoms with Crippen molar-refractivity contribution in [2.45, 2.75) is 16.1 Å². The Labute approximate surface area is 147 Å². The van der Waals surface area contributed by atoms with E-state index in [2.05, 4.69) is 20.6 Å². The third-order valence-corrected chi connectivity index (χ3v) is 5.48. The molecule has 1 spiro atoms. The molecule has 2 aliphatic heterocycles.